The van der Waals surface area contributed by atoms with Crippen molar-refractivity contribution in [2.45, 2.75) is 20.3 Å². The van der Waals surface area contributed by atoms with Crippen LogP contribution in [0, 0.1) is 0 Å². The molecule has 6 heteroatoms. The Morgan fingerprint density at radius 1 is 1.00 bits per heavy atom. The number of carbonyl (C=O) groups is 2. The van der Waals surface area contributed by atoms with Crippen LogP contribution in [0.1, 0.15) is 25.8 Å². The molecule has 0 spiro atoms. The molecule has 27 heavy (non-hydrogen) atoms. The van der Waals surface area contributed by atoms with Gasteiger partial charge in [-0.2, -0.15) is 0 Å². The molecular weight excluding hydrogens is 362 g/mol. The van der Waals surface area contributed by atoms with Crippen LogP contribution in [0.4, 0.5) is 10.5 Å². The highest BCUT2D eigenvalue weighted by Gasteiger charge is 2.36. The molecule has 1 heterocycles. The number of anilines is 1. The third-order valence-electron chi connectivity index (χ3n) is 3.84. The lowest BCUT2D eigenvalue weighted by molar-refractivity contribution is -0.113. The quantitative estimate of drug-likeness (QED) is 0.622. The van der Waals surface area contributed by atoms with E-state index >= 15 is 0 Å². The molecule has 0 atom stereocenters. The Bertz CT molecular complexity index is 864. The maximum Gasteiger partial charge on any atom is 0.298 e. The van der Waals surface area contributed by atoms with Gasteiger partial charge in [0.15, 0.2) is 11.5 Å². The molecule has 0 unspecified atom stereocenters. The zero-order valence-corrected chi connectivity index (χ0v) is 16.1. The lowest BCUT2D eigenvalue weighted by Gasteiger charge is -2.12. The molecule has 1 fully saturated rings. The highest BCUT2D eigenvalue weighted by Crippen LogP contribution is 2.37. The number of thioether (sulfide) groups is 1. The summed E-state index contributed by atoms with van der Waals surface area (Å²) in [5.41, 5.74) is 1.35. The van der Waals surface area contributed by atoms with Gasteiger partial charge in [-0.1, -0.05) is 31.2 Å². The van der Waals surface area contributed by atoms with Gasteiger partial charge in [0.1, 0.15) is 0 Å². The zero-order chi connectivity index (χ0) is 19.2. The molecule has 2 aromatic carbocycles. The van der Waals surface area contributed by atoms with Gasteiger partial charge in [0.25, 0.3) is 11.1 Å². The summed E-state index contributed by atoms with van der Waals surface area (Å²) in [4.78, 5) is 26.6. The van der Waals surface area contributed by atoms with Gasteiger partial charge in [0.2, 0.25) is 0 Å². The molecule has 0 aliphatic carbocycles. The SMILES string of the molecule is CCCOc1ccc(/C=C2/SC(=O)N(c3ccccc3)C2=O)cc1OCC. The topological polar surface area (TPSA) is 55.8 Å². The van der Waals surface area contributed by atoms with Crippen LogP contribution in [0.25, 0.3) is 6.08 Å². The summed E-state index contributed by atoms with van der Waals surface area (Å²) in [5, 5.41) is -0.301. The van der Waals surface area contributed by atoms with Crippen molar-refractivity contribution in [2.24, 2.45) is 0 Å². The van der Waals surface area contributed by atoms with Gasteiger partial charge >= 0.3 is 0 Å². The number of hydrogen-bond donors (Lipinski definition) is 0. The molecule has 1 saturated heterocycles. The van der Waals surface area contributed by atoms with Gasteiger partial charge in [0.05, 0.1) is 23.8 Å². The minimum absolute atomic E-state index is 0.301. The normalized spacial score (nSPS) is 15.5. The van der Waals surface area contributed by atoms with Crippen molar-refractivity contribution < 1.29 is 19.1 Å². The fourth-order valence-electron chi connectivity index (χ4n) is 2.63. The molecule has 0 aromatic heterocycles. The van der Waals surface area contributed by atoms with Gasteiger partial charge in [0, 0.05) is 0 Å². The summed E-state index contributed by atoms with van der Waals surface area (Å²) in [6.07, 6.45) is 2.61. The molecule has 5 nitrogen and oxygen atoms in total. The van der Waals surface area contributed by atoms with E-state index in [1.807, 2.05) is 38.1 Å². The average molecular weight is 383 g/mol. The predicted molar refractivity (Wildman–Crippen MR) is 108 cm³/mol. The minimum atomic E-state index is -0.319. The van der Waals surface area contributed by atoms with E-state index < -0.39 is 0 Å². The maximum absolute atomic E-state index is 12.7. The monoisotopic (exact) mass is 383 g/mol. The standard InChI is InChI=1S/C21H21NO4S/c1-3-12-26-17-11-10-15(13-18(17)25-4-2)14-19-20(23)22(21(24)27-19)16-8-6-5-7-9-16/h5-11,13-14H,3-4,12H2,1-2H3/b19-14+. The second-order valence-corrected chi connectivity index (χ2v) is 6.83. The number of carbonyl (C=O) groups excluding carboxylic acids is 2. The van der Waals surface area contributed by atoms with E-state index in [9.17, 15) is 9.59 Å². The molecule has 1 aliphatic heterocycles. The number of amides is 2. The highest BCUT2D eigenvalue weighted by atomic mass is 32.2. The Kier molecular flexibility index (Phi) is 6.19. The predicted octanol–water partition coefficient (Wildman–Crippen LogP) is 5.12. The van der Waals surface area contributed by atoms with Crippen molar-refractivity contribution in [3.8, 4) is 11.5 Å². The molecule has 2 aromatic rings. The largest absolute Gasteiger partial charge is 0.490 e. The van der Waals surface area contributed by atoms with Gasteiger partial charge < -0.3 is 9.47 Å². The summed E-state index contributed by atoms with van der Waals surface area (Å²) in [6, 6.07) is 14.4. The van der Waals surface area contributed by atoms with Crippen LogP contribution in [0.5, 0.6) is 11.5 Å². The Morgan fingerprint density at radius 3 is 2.48 bits per heavy atom. The van der Waals surface area contributed by atoms with Crippen molar-refractivity contribution in [3.05, 3.63) is 59.0 Å². The van der Waals surface area contributed by atoms with E-state index in [1.54, 1.807) is 30.3 Å². The molecule has 140 valence electrons. The number of para-hydroxylation sites is 1. The molecule has 0 radical (unpaired) electrons. The Balaban J connectivity index is 1.87. The Labute approximate surface area is 163 Å². The fraction of sp³-hybridized carbons (Fsp3) is 0.238. The van der Waals surface area contributed by atoms with Crippen LogP contribution in [-0.2, 0) is 4.79 Å². The molecule has 0 saturated carbocycles. The fourth-order valence-corrected chi connectivity index (χ4v) is 3.47. The first-order chi connectivity index (χ1) is 13.1. The number of imide groups is 1. The first-order valence-corrected chi connectivity index (χ1v) is 9.68. The van der Waals surface area contributed by atoms with Gasteiger partial charge in [-0.15, -0.1) is 0 Å². The summed E-state index contributed by atoms with van der Waals surface area (Å²) >= 11 is 0.935. The van der Waals surface area contributed by atoms with Crippen molar-refractivity contribution in [1.29, 1.82) is 0 Å². The molecule has 3 rings (SSSR count). The van der Waals surface area contributed by atoms with Crippen molar-refractivity contribution in [2.75, 3.05) is 18.1 Å². The Morgan fingerprint density at radius 2 is 1.78 bits per heavy atom. The number of rotatable bonds is 7. The van der Waals surface area contributed by atoms with E-state index in [2.05, 4.69) is 0 Å². The summed E-state index contributed by atoms with van der Waals surface area (Å²) < 4.78 is 11.4. The van der Waals surface area contributed by atoms with E-state index in [4.69, 9.17) is 9.47 Å². The van der Waals surface area contributed by atoms with E-state index in [0.29, 0.717) is 35.3 Å². The van der Waals surface area contributed by atoms with E-state index in [-0.39, 0.29) is 11.1 Å². The van der Waals surface area contributed by atoms with Gasteiger partial charge in [-0.3, -0.25) is 9.59 Å². The van der Waals surface area contributed by atoms with E-state index in [1.165, 1.54) is 4.90 Å². The smallest absolute Gasteiger partial charge is 0.298 e. The maximum atomic E-state index is 12.7. The number of nitrogens with zero attached hydrogens (tertiary/aromatic N) is 1. The second kappa shape index (κ2) is 8.77. The molecule has 0 N–H and O–H groups in total. The molecule has 1 aliphatic rings. The average Bonchev–Trinajstić information content (AvgIpc) is 2.95. The molecule has 2 amide bonds. The second-order valence-electron chi connectivity index (χ2n) is 5.84. The minimum Gasteiger partial charge on any atom is -0.490 e. The first kappa shape index (κ1) is 19.0. The van der Waals surface area contributed by atoms with Crippen LogP contribution in [0.3, 0.4) is 0 Å². The van der Waals surface area contributed by atoms with Crippen molar-refractivity contribution >= 4 is 34.7 Å². The van der Waals surface area contributed by atoms with Crippen molar-refractivity contribution in [3.63, 3.8) is 0 Å². The Hall–Kier alpha value is -2.73. The zero-order valence-electron chi connectivity index (χ0n) is 15.3. The number of hydrogen-bond acceptors (Lipinski definition) is 5. The van der Waals surface area contributed by atoms with Gasteiger partial charge in [-0.05, 0) is 61.0 Å². The third-order valence-corrected chi connectivity index (χ3v) is 4.70. The summed E-state index contributed by atoms with van der Waals surface area (Å²) in [6.45, 7) is 5.06. The lowest BCUT2D eigenvalue weighted by atomic mass is 10.1. The van der Waals surface area contributed by atoms with Crippen molar-refractivity contribution in [1.82, 2.24) is 0 Å². The third kappa shape index (κ3) is 4.34. The lowest BCUT2D eigenvalue weighted by Crippen LogP contribution is -2.27. The molecular formula is C21H21NO4S. The first-order valence-electron chi connectivity index (χ1n) is 8.86. The number of ether oxygens (including phenoxy) is 2. The summed E-state index contributed by atoms with van der Waals surface area (Å²) in [5.74, 6) is 0.982. The van der Waals surface area contributed by atoms with E-state index in [0.717, 1.165) is 23.7 Å². The van der Waals surface area contributed by atoms with Gasteiger partial charge in [-0.25, -0.2) is 4.90 Å². The van der Waals surface area contributed by atoms with Crippen LogP contribution in [-0.4, -0.2) is 24.4 Å². The number of benzene rings is 2. The van der Waals surface area contributed by atoms with Crippen LogP contribution >= 0.6 is 11.8 Å². The summed E-state index contributed by atoms with van der Waals surface area (Å²) in [7, 11) is 0. The molecule has 0 bridgehead atoms. The van der Waals surface area contributed by atoms with Crippen LogP contribution in [0.2, 0.25) is 0 Å². The highest BCUT2D eigenvalue weighted by molar-refractivity contribution is 8.19. The van der Waals surface area contributed by atoms with Crippen LogP contribution in [0.15, 0.2) is 53.4 Å². The van der Waals surface area contributed by atoms with Crippen LogP contribution < -0.4 is 14.4 Å².